The summed E-state index contributed by atoms with van der Waals surface area (Å²) in [6.45, 7) is 0.326. The van der Waals surface area contributed by atoms with Crippen LogP contribution in [-0.2, 0) is 12.4 Å². The third-order valence-electron chi connectivity index (χ3n) is 3.11. The zero-order valence-corrected chi connectivity index (χ0v) is 11.0. The molecule has 0 amide bonds. The quantitative estimate of drug-likeness (QED) is 0.746. The van der Waals surface area contributed by atoms with Gasteiger partial charge in [-0.25, -0.2) is 0 Å². The first-order valence-corrected chi connectivity index (χ1v) is 6.56. The zero-order chi connectivity index (χ0) is 13.2. The highest BCUT2D eigenvalue weighted by atomic mass is 35.5. The van der Waals surface area contributed by atoms with E-state index in [0.29, 0.717) is 24.1 Å². The molecule has 0 aliphatic carbocycles. The van der Waals surface area contributed by atoms with Gasteiger partial charge in [0.25, 0.3) is 0 Å². The maximum Gasteiger partial charge on any atom is 0.152 e. The maximum absolute atomic E-state index is 5.94. The molecule has 0 unspecified atom stereocenters. The molecule has 0 atom stereocenters. The third kappa shape index (κ3) is 1.99. The highest BCUT2D eigenvalue weighted by Crippen LogP contribution is 2.24. The van der Waals surface area contributed by atoms with E-state index in [1.165, 1.54) is 0 Å². The van der Waals surface area contributed by atoms with E-state index in [2.05, 4.69) is 28.4 Å². The van der Waals surface area contributed by atoms with Crippen LogP contribution in [-0.4, -0.2) is 14.8 Å². The molecule has 0 spiro atoms. The zero-order valence-electron chi connectivity index (χ0n) is 10.3. The minimum atomic E-state index is 0.302. The number of benzene rings is 2. The lowest BCUT2D eigenvalue weighted by atomic mass is 10.1. The highest BCUT2D eigenvalue weighted by Gasteiger charge is 2.13. The lowest BCUT2D eigenvalue weighted by Crippen LogP contribution is -2.09. The number of halogens is 1. The fourth-order valence-corrected chi connectivity index (χ4v) is 2.43. The smallest absolute Gasteiger partial charge is 0.152 e. The van der Waals surface area contributed by atoms with Crippen molar-refractivity contribution in [1.29, 1.82) is 0 Å². The summed E-state index contributed by atoms with van der Waals surface area (Å²) in [5, 5.41) is 10.5. The first-order chi connectivity index (χ1) is 9.35. The van der Waals surface area contributed by atoms with Gasteiger partial charge in [0.1, 0.15) is 0 Å². The molecule has 5 heteroatoms. The normalized spacial score (nSPS) is 11.1. The Bertz CT molecular complexity index is 694. The summed E-state index contributed by atoms with van der Waals surface area (Å²) >= 11 is 5.94. The summed E-state index contributed by atoms with van der Waals surface area (Å²) in [6.07, 6.45) is 0. The average Bonchev–Trinajstić information content (AvgIpc) is 2.89. The van der Waals surface area contributed by atoms with Gasteiger partial charge in [-0.3, -0.25) is 4.57 Å². The van der Waals surface area contributed by atoms with Crippen molar-refractivity contribution in [3.05, 3.63) is 54.1 Å². The van der Waals surface area contributed by atoms with Crippen molar-refractivity contribution in [2.75, 3.05) is 0 Å². The van der Waals surface area contributed by atoms with Crippen molar-refractivity contribution in [1.82, 2.24) is 14.8 Å². The van der Waals surface area contributed by atoms with Crippen LogP contribution in [0.25, 0.3) is 16.5 Å². The van der Waals surface area contributed by atoms with E-state index in [0.717, 1.165) is 16.5 Å². The SMILES string of the molecule is NCc1nnc(CCl)n1-c1cccc2ccccc12. The first kappa shape index (κ1) is 12.1. The van der Waals surface area contributed by atoms with Gasteiger partial charge in [-0.15, -0.1) is 21.8 Å². The lowest BCUT2D eigenvalue weighted by molar-refractivity contribution is 0.851. The van der Waals surface area contributed by atoms with Gasteiger partial charge in [0.05, 0.1) is 18.1 Å². The Morgan fingerprint density at radius 2 is 1.74 bits per heavy atom. The molecule has 0 radical (unpaired) electrons. The van der Waals surface area contributed by atoms with Gasteiger partial charge in [-0.1, -0.05) is 36.4 Å². The Morgan fingerprint density at radius 1 is 1.00 bits per heavy atom. The van der Waals surface area contributed by atoms with Crippen LogP contribution >= 0.6 is 11.6 Å². The fourth-order valence-electron chi connectivity index (χ4n) is 2.25. The van der Waals surface area contributed by atoms with Crippen LogP contribution < -0.4 is 5.73 Å². The van der Waals surface area contributed by atoms with E-state index in [1.54, 1.807) is 0 Å². The second-order valence-electron chi connectivity index (χ2n) is 4.20. The molecule has 3 rings (SSSR count). The fraction of sp³-hybridized carbons (Fsp3) is 0.143. The molecule has 2 N–H and O–H groups in total. The molecular weight excluding hydrogens is 260 g/mol. The van der Waals surface area contributed by atoms with Crippen LogP contribution in [0.15, 0.2) is 42.5 Å². The molecule has 19 heavy (non-hydrogen) atoms. The number of hydrogen-bond acceptors (Lipinski definition) is 3. The monoisotopic (exact) mass is 272 g/mol. The highest BCUT2D eigenvalue weighted by molar-refractivity contribution is 6.16. The van der Waals surface area contributed by atoms with Gasteiger partial charge in [-0.2, -0.15) is 0 Å². The van der Waals surface area contributed by atoms with Crippen LogP contribution in [0.4, 0.5) is 0 Å². The molecule has 1 aromatic heterocycles. The number of hydrogen-bond donors (Lipinski definition) is 1. The minimum absolute atomic E-state index is 0.302. The summed E-state index contributed by atoms with van der Waals surface area (Å²) in [5.74, 6) is 1.72. The van der Waals surface area contributed by atoms with Crippen molar-refractivity contribution in [2.24, 2.45) is 5.73 Å². The van der Waals surface area contributed by atoms with Gasteiger partial charge < -0.3 is 5.73 Å². The number of nitrogens with two attached hydrogens (primary N) is 1. The molecular formula is C14H13ClN4. The van der Waals surface area contributed by atoms with Gasteiger partial charge in [-0.05, 0) is 11.5 Å². The standard InChI is InChI=1S/C14H13ClN4/c15-8-13-17-18-14(9-16)19(13)12-7-3-5-10-4-1-2-6-11(10)12/h1-7H,8-9,16H2. The van der Waals surface area contributed by atoms with Crippen LogP contribution in [0.2, 0.25) is 0 Å². The van der Waals surface area contributed by atoms with Crippen molar-refractivity contribution < 1.29 is 0 Å². The number of fused-ring (bicyclic) bond motifs is 1. The second-order valence-corrected chi connectivity index (χ2v) is 4.47. The van der Waals surface area contributed by atoms with E-state index in [4.69, 9.17) is 17.3 Å². The summed E-state index contributed by atoms with van der Waals surface area (Å²) in [7, 11) is 0. The number of aromatic nitrogens is 3. The van der Waals surface area contributed by atoms with E-state index >= 15 is 0 Å². The Hall–Kier alpha value is -1.91. The summed E-state index contributed by atoms with van der Waals surface area (Å²) < 4.78 is 1.94. The average molecular weight is 273 g/mol. The van der Waals surface area contributed by atoms with E-state index < -0.39 is 0 Å². The first-order valence-electron chi connectivity index (χ1n) is 6.02. The number of rotatable bonds is 3. The second kappa shape index (κ2) is 4.99. The molecule has 0 aliphatic heterocycles. The van der Waals surface area contributed by atoms with Gasteiger partial charge in [0, 0.05) is 5.39 Å². The molecule has 3 aromatic rings. The Balaban J connectivity index is 2.33. The molecule has 4 nitrogen and oxygen atoms in total. The molecule has 0 aliphatic rings. The van der Waals surface area contributed by atoms with Crippen molar-refractivity contribution in [3.63, 3.8) is 0 Å². The van der Waals surface area contributed by atoms with Crippen LogP contribution in [0, 0.1) is 0 Å². The third-order valence-corrected chi connectivity index (χ3v) is 3.35. The molecule has 0 saturated heterocycles. The molecule has 96 valence electrons. The summed E-state index contributed by atoms with van der Waals surface area (Å²) in [5.41, 5.74) is 6.75. The number of alkyl halides is 1. The van der Waals surface area contributed by atoms with Crippen molar-refractivity contribution in [2.45, 2.75) is 12.4 Å². The predicted molar refractivity (Wildman–Crippen MR) is 76.3 cm³/mol. The Labute approximate surface area is 115 Å². The van der Waals surface area contributed by atoms with E-state index in [9.17, 15) is 0 Å². The minimum Gasteiger partial charge on any atom is -0.324 e. The molecule has 1 heterocycles. The topological polar surface area (TPSA) is 56.7 Å². The lowest BCUT2D eigenvalue weighted by Gasteiger charge is -2.11. The van der Waals surface area contributed by atoms with Gasteiger partial charge in [0.15, 0.2) is 11.6 Å². The Kier molecular flexibility index (Phi) is 3.19. The molecule has 0 saturated carbocycles. The van der Waals surface area contributed by atoms with E-state index in [-0.39, 0.29) is 0 Å². The van der Waals surface area contributed by atoms with Crippen LogP contribution in [0.1, 0.15) is 11.6 Å². The van der Waals surface area contributed by atoms with Crippen molar-refractivity contribution in [3.8, 4) is 5.69 Å². The largest absolute Gasteiger partial charge is 0.324 e. The van der Waals surface area contributed by atoms with Crippen molar-refractivity contribution >= 4 is 22.4 Å². The molecule has 2 aromatic carbocycles. The predicted octanol–water partition coefficient (Wildman–Crippen LogP) is 2.62. The molecule has 0 fully saturated rings. The Morgan fingerprint density at radius 3 is 2.53 bits per heavy atom. The molecule has 0 bridgehead atoms. The van der Waals surface area contributed by atoms with E-state index in [1.807, 2.05) is 28.8 Å². The number of nitrogens with zero attached hydrogens (tertiary/aromatic N) is 3. The summed E-state index contributed by atoms with van der Waals surface area (Å²) in [4.78, 5) is 0. The van der Waals surface area contributed by atoms with Crippen LogP contribution in [0.3, 0.4) is 0 Å². The summed E-state index contributed by atoms with van der Waals surface area (Å²) in [6, 6.07) is 14.3. The van der Waals surface area contributed by atoms with Gasteiger partial charge in [0.2, 0.25) is 0 Å². The van der Waals surface area contributed by atoms with Gasteiger partial charge >= 0.3 is 0 Å². The van der Waals surface area contributed by atoms with Crippen LogP contribution in [0.5, 0.6) is 0 Å². The maximum atomic E-state index is 5.94.